The van der Waals surface area contributed by atoms with Crippen LogP contribution in [0.2, 0.25) is 0 Å². The molecule has 1 N–H and O–H groups in total. The number of amides is 1. The van der Waals surface area contributed by atoms with Crippen molar-refractivity contribution in [2.24, 2.45) is 13.0 Å². The number of nitrogens with zero attached hydrogens (tertiary/aromatic N) is 3. The molecular formula is C15H26N4O3S. The molecule has 2 atom stereocenters. The molecule has 0 bridgehead atoms. The van der Waals surface area contributed by atoms with E-state index in [2.05, 4.69) is 9.82 Å². The summed E-state index contributed by atoms with van der Waals surface area (Å²) in [5.74, 6) is 0.459. The molecule has 8 heteroatoms. The minimum absolute atomic E-state index is 0.0221. The Morgan fingerprint density at radius 2 is 2.09 bits per heavy atom. The molecule has 2 rings (SSSR count). The van der Waals surface area contributed by atoms with E-state index in [-0.39, 0.29) is 23.7 Å². The molecular weight excluding hydrogens is 316 g/mol. The fourth-order valence-corrected chi connectivity index (χ4v) is 4.53. The quantitative estimate of drug-likeness (QED) is 0.837. The molecule has 1 aliphatic heterocycles. The van der Waals surface area contributed by atoms with Crippen LogP contribution < -0.4 is 4.72 Å². The van der Waals surface area contributed by atoms with Gasteiger partial charge in [0.25, 0.3) is 0 Å². The number of aryl methyl sites for hydroxylation is 1. The summed E-state index contributed by atoms with van der Waals surface area (Å²) in [7, 11) is 0.143. The third-order valence-electron chi connectivity index (χ3n) is 4.32. The number of rotatable bonds is 6. The van der Waals surface area contributed by atoms with Gasteiger partial charge in [0.15, 0.2) is 0 Å². The number of carbonyl (C=O) groups excluding carboxylic acids is 1. The molecule has 0 saturated carbocycles. The van der Waals surface area contributed by atoms with Crippen LogP contribution >= 0.6 is 0 Å². The summed E-state index contributed by atoms with van der Waals surface area (Å²) in [6.45, 7) is 4.00. The van der Waals surface area contributed by atoms with Crippen molar-refractivity contribution in [1.29, 1.82) is 0 Å². The van der Waals surface area contributed by atoms with Gasteiger partial charge in [-0.25, -0.2) is 13.1 Å². The second kappa shape index (κ2) is 7.00. The van der Waals surface area contributed by atoms with Gasteiger partial charge >= 0.3 is 0 Å². The van der Waals surface area contributed by atoms with E-state index in [1.54, 1.807) is 29.9 Å². The molecule has 0 spiro atoms. The van der Waals surface area contributed by atoms with E-state index in [1.165, 1.54) is 0 Å². The Morgan fingerprint density at radius 1 is 1.39 bits per heavy atom. The average molecular weight is 342 g/mol. The van der Waals surface area contributed by atoms with Crippen LogP contribution in [0.3, 0.4) is 0 Å². The molecule has 0 aliphatic carbocycles. The third-order valence-corrected chi connectivity index (χ3v) is 5.75. The van der Waals surface area contributed by atoms with Gasteiger partial charge in [-0.3, -0.25) is 9.48 Å². The first kappa shape index (κ1) is 17.9. The van der Waals surface area contributed by atoms with E-state index in [0.717, 1.165) is 5.69 Å². The molecule has 1 aromatic rings. The summed E-state index contributed by atoms with van der Waals surface area (Å²) in [6.07, 6.45) is 3.13. The van der Waals surface area contributed by atoms with Gasteiger partial charge < -0.3 is 4.90 Å². The fourth-order valence-electron chi connectivity index (χ4n) is 2.92. The summed E-state index contributed by atoms with van der Waals surface area (Å²) in [5.41, 5.74) is 0.831. The van der Waals surface area contributed by atoms with Crippen molar-refractivity contribution in [3.05, 3.63) is 18.0 Å². The van der Waals surface area contributed by atoms with Crippen molar-refractivity contribution in [1.82, 2.24) is 19.4 Å². The van der Waals surface area contributed by atoms with Crippen LogP contribution in [0.4, 0.5) is 0 Å². The third kappa shape index (κ3) is 4.32. The van der Waals surface area contributed by atoms with Crippen LogP contribution in [-0.4, -0.2) is 47.8 Å². The van der Waals surface area contributed by atoms with Gasteiger partial charge in [0, 0.05) is 32.8 Å². The first-order valence-corrected chi connectivity index (χ1v) is 9.60. The van der Waals surface area contributed by atoms with Crippen molar-refractivity contribution in [2.75, 3.05) is 12.8 Å². The van der Waals surface area contributed by atoms with Gasteiger partial charge in [-0.05, 0) is 24.8 Å². The molecule has 0 aromatic carbocycles. The van der Waals surface area contributed by atoms with E-state index in [9.17, 15) is 13.2 Å². The molecule has 1 saturated heterocycles. The Balaban J connectivity index is 2.21. The van der Waals surface area contributed by atoms with Crippen LogP contribution in [0, 0.1) is 5.92 Å². The van der Waals surface area contributed by atoms with E-state index in [0.29, 0.717) is 25.2 Å². The van der Waals surface area contributed by atoms with Gasteiger partial charge in [0.1, 0.15) is 0 Å². The molecule has 2 heterocycles. The number of carbonyl (C=O) groups is 1. The van der Waals surface area contributed by atoms with Crippen molar-refractivity contribution in [3.8, 4) is 0 Å². The number of aromatic nitrogens is 2. The van der Waals surface area contributed by atoms with Crippen molar-refractivity contribution in [2.45, 2.75) is 45.2 Å². The molecule has 130 valence electrons. The first-order chi connectivity index (χ1) is 10.7. The van der Waals surface area contributed by atoms with E-state index in [1.807, 2.05) is 19.9 Å². The lowest BCUT2D eigenvalue weighted by molar-refractivity contribution is -0.135. The SMILES string of the molecule is CC(C)CCS(=O)(=O)N[C@@H]1CCC(=O)N(C)[C@H]1c1ccnn1C. The monoisotopic (exact) mass is 342 g/mol. The lowest BCUT2D eigenvalue weighted by atomic mass is 9.94. The van der Waals surface area contributed by atoms with Crippen LogP contribution in [0.25, 0.3) is 0 Å². The van der Waals surface area contributed by atoms with Crippen LogP contribution in [-0.2, 0) is 21.9 Å². The maximum Gasteiger partial charge on any atom is 0.222 e. The van der Waals surface area contributed by atoms with Crippen LogP contribution in [0.1, 0.15) is 44.8 Å². The number of likely N-dealkylation sites (tertiary alicyclic amines) is 1. The van der Waals surface area contributed by atoms with Crippen molar-refractivity contribution < 1.29 is 13.2 Å². The summed E-state index contributed by atoms with van der Waals surface area (Å²) >= 11 is 0. The number of hydrogen-bond donors (Lipinski definition) is 1. The first-order valence-electron chi connectivity index (χ1n) is 7.95. The molecule has 1 aromatic heterocycles. The Morgan fingerprint density at radius 3 is 2.65 bits per heavy atom. The maximum atomic E-state index is 12.4. The van der Waals surface area contributed by atoms with Crippen molar-refractivity contribution >= 4 is 15.9 Å². The van der Waals surface area contributed by atoms with E-state index in [4.69, 9.17) is 0 Å². The zero-order valence-corrected chi connectivity index (χ0v) is 15.0. The predicted octanol–water partition coefficient (Wildman–Crippen LogP) is 1.05. The summed E-state index contributed by atoms with van der Waals surface area (Å²) < 4.78 is 29.2. The number of piperidine rings is 1. The molecule has 0 unspecified atom stereocenters. The Hall–Kier alpha value is -1.41. The standard InChI is InChI=1S/C15H26N4O3S/c1-11(2)8-10-23(21,22)17-12-5-6-14(20)18(3)15(12)13-7-9-16-19(13)4/h7,9,11-12,15,17H,5-6,8,10H2,1-4H3/t12-,15-/m1/s1. The normalized spacial score (nSPS) is 22.8. The van der Waals surface area contributed by atoms with Gasteiger partial charge in [0.05, 0.1) is 17.5 Å². The highest BCUT2D eigenvalue weighted by molar-refractivity contribution is 7.89. The predicted molar refractivity (Wildman–Crippen MR) is 88.1 cm³/mol. The van der Waals surface area contributed by atoms with Gasteiger partial charge in [-0.1, -0.05) is 13.8 Å². The molecule has 7 nitrogen and oxygen atoms in total. The molecule has 1 fully saturated rings. The Bertz CT molecular complexity index is 653. The number of nitrogens with one attached hydrogen (secondary N) is 1. The second-order valence-corrected chi connectivity index (χ2v) is 8.47. The zero-order valence-electron chi connectivity index (χ0n) is 14.2. The number of sulfonamides is 1. The highest BCUT2D eigenvalue weighted by Crippen LogP contribution is 2.31. The lowest BCUT2D eigenvalue weighted by Gasteiger charge is -2.39. The topological polar surface area (TPSA) is 84.3 Å². The molecule has 23 heavy (non-hydrogen) atoms. The Labute approximate surface area is 138 Å². The lowest BCUT2D eigenvalue weighted by Crippen LogP contribution is -2.51. The summed E-state index contributed by atoms with van der Waals surface area (Å²) in [4.78, 5) is 13.7. The highest BCUT2D eigenvalue weighted by atomic mass is 32.2. The second-order valence-electron chi connectivity index (χ2n) is 6.59. The van der Waals surface area contributed by atoms with Crippen LogP contribution in [0.5, 0.6) is 0 Å². The molecule has 1 amide bonds. The van der Waals surface area contributed by atoms with Gasteiger partial charge in [0.2, 0.25) is 15.9 Å². The molecule has 0 radical (unpaired) electrons. The Kier molecular flexibility index (Phi) is 5.46. The van der Waals surface area contributed by atoms with Crippen molar-refractivity contribution in [3.63, 3.8) is 0 Å². The van der Waals surface area contributed by atoms with E-state index < -0.39 is 10.0 Å². The van der Waals surface area contributed by atoms with Gasteiger partial charge in [-0.2, -0.15) is 5.10 Å². The van der Waals surface area contributed by atoms with Crippen LogP contribution in [0.15, 0.2) is 12.3 Å². The van der Waals surface area contributed by atoms with Gasteiger partial charge in [-0.15, -0.1) is 0 Å². The fraction of sp³-hybridized carbons (Fsp3) is 0.733. The highest BCUT2D eigenvalue weighted by Gasteiger charge is 2.38. The number of likely N-dealkylation sites (N-methyl/N-ethyl adjacent to an activating group) is 1. The minimum atomic E-state index is -3.37. The summed E-state index contributed by atoms with van der Waals surface area (Å²) in [6, 6.07) is 1.16. The van der Waals surface area contributed by atoms with E-state index >= 15 is 0 Å². The average Bonchev–Trinajstić information content (AvgIpc) is 2.87. The summed E-state index contributed by atoms with van der Waals surface area (Å²) in [5, 5.41) is 4.14. The molecule has 1 aliphatic rings. The largest absolute Gasteiger partial charge is 0.336 e. The smallest absolute Gasteiger partial charge is 0.222 e. The number of hydrogen-bond acceptors (Lipinski definition) is 4. The maximum absolute atomic E-state index is 12.4. The zero-order chi connectivity index (χ0) is 17.2. The minimum Gasteiger partial charge on any atom is -0.336 e.